The first-order valence-electron chi connectivity index (χ1n) is 8.13. The molecule has 0 aliphatic rings. The van der Waals surface area contributed by atoms with Crippen LogP contribution in [0, 0.1) is 13.8 Å². The Kier molecular flexibility index (Phi) is 6.09. The zero-order valence-corrected chi connectivity index (χ0v) is 15.1. The molecule has 0 aliphatic heterocycles. The summed E-state index contributed by atoms with van der Waals surface area (Å²) in [6, 6.07) is 9.18. The summed E-state index contributed by atoms with van der Waals surface area (Å²) in [6.45, 7) is 3.46. The van der Waals surface area contributed by atoms with Crippen molar-refractivity contribution in [2.45, 2.75) is 20.0 Å². The van der Waals surface area contributed by atoms with Gasteiger partial charge in [-0.15, -0.1) is 0 Å². The second kappa shape index (κ2) is 8.11. The van der Waals surface area contributed by atoms with Crippen molar-refractivity contribution in [2.24, 2.45) is 0 Å². The van der Waals surface area contributed by atoms with Crippen LogP contribution in [0.1, 0.15) is 16.7 Å². The SMILES string of the molecule is Cc1cccc(C)c1NC(=O)CN(C)C(=O)Nc1cccc(C(F)(F)F)c1. The number of alkyl halides is 3. The van der Waals surface area contributed by atoms with E-state index < -0.39 is 23.7 Å². The number of anilines is 2. The van der Waals surface area contributed by atoms with E-state index in [4.69, 9.17) is 0 Å². The lowest BCUT2D eigenvalue weighted by atomic mass is 10.1. The highest BCUT2D eigenvalue weighted by Gasteiger charge is 2.30. The van der Waals surface area contributed by atoms with Gasteiger partial charge in [-0.25, -0.2) is 4.79 Å². The predicted molar refractivity (Wildman–Crippen MR) is 97.6 cm³/mol. The highest BCUT2D eigenvalue weighted by atomic mass is 19.4. The third-order valence-corrected chi connectivity index (χ3v) is 3.91. The van der Waals surface area contributed by atoms with Crippen LogP contribution in [-0.2, 0) is 11.0 Å². The fourth-order valence-electron chi connectivity index (χ4n) is 2.47. The number of amides is 3. The summed E-state index contributed by atoms with van der Waals surface area (Å²) in [5.41, 5.74) is 1.58. The Balaban J connectivity index is 1.98. The van der Waals surface area contributed by atoms with Crippen LogP contribution < -0.4 is 10.6 Å². The van der Waals surface area contributed by atoms with Gasteiger partial charge in [0.05, 0.1) is 5.56 Å². The van der Waals surface area contributed by atoms with Gasteiger partial charge in [0.2, 0.25) is 5.91 Å². The Morgan fingerprint density at radius 2 is 1.59 bits per heavy atom. The fraction of sp³-hybridized carbons (Fsp3) is 0.263. The van der Waals surface area contributed by atoms with Gasteiger partial charge < -0.3 is 15.5 Å². The van der Waals surface area contributed by atoms with Crippen molar-refractivity contribution in [3.8, 4) is 0 Å². The molecule has 0 bridgehead atoms. The molecule has 0 radical (unpaired) electrons. The van der Waals surface area contributed by atoms with E-state index in [1.54, 1.807) is 0 Å². The number of hydrogen-bond donors (Lipinski definition) is 2. The van der Waals surface area contributed by atoms with Crippen molar-refractivity contribution < 1.29 is 22.8 Å². The van der Waals surface area contributed by atoms with Gasteiger partial charge >= 0.3 is 12.2 Å². The Morgan fingerprint density at radius 3 is 2.19 bits per heavy atom. The van der Waals surface area contributed by atoms with Crippen LogP contribution in [0.4, 0.5) is 29.3 Å². The molecule has 0 atom stereocenters. The van der Waals surface area contributed by atoms with Crippen LogP contribution in [0.3, 0.4) is 0 Å². The minimum absolute atomic E-state index is 0.00293. The van der Waals surface area contributed by atoms with Gasteiger partial charge in [0, 0.05) is 18.4 Å². The van der Waals surface area contributed by atoms with E-state index in [1.807, 2.05) is 32.0 Å². The van der Waals surface area contributed by atoms with Crippen molar-refractivity contribution in [1.82, 2.24) is 4.90 Å². The second-order valence-corrected chi connectivity index (χ2v) is 6.18. The number of urea groups is 1. The lowest BCUT2D eigenvalue weighted by Gasteiger charge is -2.19. The first-order valence-corrected chi connectivity index (χ1v) is 8.13. The van der Waals surface area contributed by atoms with Crippen LogP contribution in [-0.4, -0.2) is 30.4 Å². The predicted octanol–water partition coefficient (Wildman–Crippen LogP) is 4.42. The molecule has 0 saturated heterocycles. The molecule has 2 N–H and O–H groups in total. The van der Waals surface area contributed by atoms with Gasteiger partial charge in [-0.2, -0.15) is 13.2 Å². The lowest BCUT2D eigenvalue weighted by molar-refractivity contribution is -0.137. The summed E-state index contributed by atoms with van der Waals surface area (Å²) in [5.74, 6) is -0.408. The Morgan fingerprint density at radius 1 is 1.00 bits per heavy atom. The number of carbonyl (C=O) groups excluding carboxylic acids is 2. The molecule has 5 nitrogen and oxygen atoms in total. The summed E-state index contributed by atoms with van der Waals surface area (Å²) < 4.78 is 38.2. The average Bonchev–Trinajstić information content (AvgIpc) is 2.57. The van der Waals surface area contributed by atoms with E-state index in [-0.39, 0.29) is 12.2 Å². The maximum atomic E-state index is 12.7. The number of nitrogens with one attached hydrogen (secondary N) is 2. The number of nitrogens with zero attached hydrogens (tertiary/aromatic N) is 1. The molecule has 27 heavy (non-hydrogen) atoms. The quantitative estimate of drug-likeness (QED) is 0.826. The highest BCUT2D eigenvalue weighted by molar-refractivity contribution is 5.97. The first kappa shape index (κ1) is 20.3. The standard InChI is InChI=1S/C19H20F3N3O2/c1-12-6-4-7-13(2)17(12)24-16(26)11-25(3)18(27)23-15-9-5-8-14(10-15)19(20,21)22/h4-10H,11H2,1-3H3,(H,23,27)(H,24,26). The van der Waals surface area contributed by atoms with Crippen LogP contribution >= 0.6 is 0 Å². The summed E-state index contributed by atoms with van der Waals surface area (Å²) >= 11 is 0. The van der Waals surface area contributed by atoms with Crippen LogP contribution in [0.2, 0.25) is 0 Å². The van der Waals surface area contributed by atoms with E-state index in [1.165, 1.54) is 19.2 Å². The molecule has 2 aromatic carbocycles. The lowest BCUT2D eigenvalue weighted by Crippen LogP contribution is -2.37. The minimum Gasteiger partial charge on any atom is -0.324 e. The van der Waals surface area contributed by atoms with Crippen LogP contribution in [0.25, 0.3) is 0 Å². The molecule has 0 spiro atoms. The number of aryl methyl sites for hydroxylation is 2. The maximum Gasteiger partial charge on any atom is 0.416 e. The van der Waals surface area contributed by atoms with Crippen molar-refractivity contribution in [3.63, 3.8) is 0 Å². The number of rotatable bonds is 4. The van der Waals surface area contributed by atoms with Gasteiger partial charge in [0.25, 0.3) is 0 Å². The van der Waals surface area contributed by atoms with E-state index >= 15 is 0 Å². The summed E-state index contributed by atoms with van der Waals surface area (Å²) in [5, 5.41) is 5.10. The summed E-state index contributed by atoms with van der Waals surface area (Å²) in [4.78, 5) is 25.4. The number of likely N-dealkylation sites (N-methyl/N-ethyl adjacent to an activating group) is 1. The number of para-hydroxylation sites is 1. The molecule has 0 unspecified atom stereocenters. The number of hydrogen-bond acceptors (Lipinski definition) is 2. The molecule has 2 aromatic rings. The van der Waals surface area contributed by atoms with Crippen LogP contribution in [0.5, 0.6) is 0 Å². The molecule has 144 valence electrons. The zero-order valence-electron chi connectivity index (χ0n) is 15.1. The van der Waals surface area contributed by atoms with E-state index in [0.29, 0.717) is 5.69 Å². The molecule has 0 heterocycles. The largest absolute Gasteiger partial charge is 0.416 e. The second-order valence-electron chi connectivity index (χ2n) is 6.18. The van der Waals surface area contributed by atoms with E-state index in [2.05, 4.69) is 10.6 Å². The molecule has 0 fully saturated rings. The molecule has 0 aliphatic carbocycles. The first-order chi connectivity index (χ1) is 12.6. The number of benzene rings is 2. The van der Waals surface area contributed by atoms with Crippen LogP contribution in [0.15, 0.2) is 42.5 Å². The van der Waals surface area contributed by atoms with Crippen molar-refractivity contribution in [1.29, 1.82) is 0 Å². The van der Waals surface area contributed by atoms with Crippen molar-refractivity contribution >= 4 is 23.3 Å². The molecular formula is C19H20F3N3O2. The van der Waals surface area contributed by atoms with Gasteiger partial charge in [-0.05, 0) is 43.2 Å². The van der Waals surface area contributed by atoms with Crippen molar-refractivity contribution in [3.05, 3.63) is 59.2 Å². The molecule has 8 heteroatoms. The zero-order chi connectivity index (χ0) is 20.2. The summed E-state index contributed by atoms with van der Waals surface area (Å²) in [6.07, 6.45) is -4.50. The minimum atomic E-state index is -4.50. The third kappa shape index (κ3) is 5.47. The highest BCUT2D eigenvalue weighted by Crippen LogP contribution is 2.30. The third-order valence-electron chi connectivity index (χ3n) is 3.91. The van der Waals surface area contributed by atoms with Gasteiger partial charge in [0.15, 0.2) is 0 Å². The van der Waals surface area contributed by atoms with Gasteiger partial charge in [-0.3, -0.25) is 4.79 Å². The number of halogens is 3. The molecular weight excluding hydrogens is 359 g/mol. The Bertz CT molecular complexity index is 830. The van der Waals surface area contributed by atoms with Crippen molar-refractivity contribution in [2.75, 3.05) is 24.2 Å². The van der Waals surface area contributed by atoms with E-state index in [9.17, 15) is 22.8 Å². The molecule has 2 rings (SSSR count). The monoisotopic (exact) mass is 379 g/mol. The Hall–Kier alpha value is -3.03. The molecule has 3 amide bonds. The smallest absolute Gasteiger partial charge is 0.324 e. The summed E-state index contributed by atoms with van der Waals surface area (Å²) in [7, 11) is 1.38. The normalized spacial score (nSPS) is 11.0. The molecule has 0 aromatic heterocycles. The topological polar surface area (TPSA) is 61.4 Å². The van der Waals surface area contributed by atoms with E-state index in [0.717, 1.165) is 28.2 Å². The van der Waals surface area contributed by atoms with Gasteiger partial charge in [-0.1, -0.05) is 24.3 Å². The number of carbonyl (C=O) groups is 2. The maximum absolute atomic E-state index is 12.7. The fourth-order valence-corrected chi connectivity index (χ4v) is 2.47. The average molecular weight is 379 g/mol. The Labute approximate surface area is 155 Å². The molecule has 0 saturated carbocycles. The van der Waals surface area contributed by atoms with Gasteiger partial charge in [0.1, 0.15) is 6.54 Å².